The summed E-state index contributed by atoms with van der Waals surface area (Å²) in [5.41, 5.74) is 3.52. The Morgan fingerprint density at radius 3 is 3.00 bits per heavy atom. The van der Waals surface area contributed by atoms with E-state index in [0.717, 1.165) is 36.4 Å². The SMILES string of the molecule is Cc1cn[nH]c1CC1CCCN(C(=O)c2sccc2C)C1. The van der Waals surface area contributed by atoms with Crippen molar-refractivity contribution in [3.8, 4) is 0 Å². The molecule has 0 spiro atoms. The second kappa shape index (κ2) is 6.02. The van der Waals surface area contributed by atoms with Gasteiger partial charge >= 0.3 is 0 Å². The van der Waals surface area contributed by atoms with Gasteiger partial charge in [-0.25, -0.2) is 0 Å². The first-order valence-electron chi connectivity index (χ1n) is 7.47. The Morgan fingerprint density at radius 2 is 2.33 bits per heavy atom. The van der Waals surface area contributed by atoms with Gasteiger partial charge < -0.3 is 4.90 Å². The van der Waals surface area contributed by atoms with Crippen LogP contribution in [0.25, 0.3) is 0 Å². The van der Waals surface area contributed by atoms with E-state index in [1.54, 1.807) is 11.3 Å². The highest BCUT2D eigenvalue weighted by molar-refractivity contribution is 7.12. The van der Waals surface area contributed by atoms with E-state index >= 15 is 0 Å². The van der Waals surface area contributed by atoms with Crippen LogP contribution in [-0.2, 0) is 6.42 Å². The Labute approximate surface area is 129 Å². The van der Waals surface area contributed by atoms with Crippen LogP contribution in [0.15, 0.2) is 17.6 Å². The van der Waals surface area contributed by atoms with Gasteiger partial charge in [-0.05, 0) is 61.6 Å². The minimum Gasteiger partial charge on any atom is -0.338 e. The van der Waals surface area contributed by atoms with Crippen LogP contribution in [0.1, 0.15) is 39.3 Å². The molecule has 1 N–H and O–H groups in total. The lowest BCUT2D eigenvalue weighted by Crippen LogP contribution is -2.40. The van der Waals surface area contributed by atoms with Crippen LogP contribution < -0.4 is 0 Å². The highest BCUT2D eigenvalue weighted by atomic mass is 32.1. The van der Waals surface area contributed by atoms with Gasteiger partial charge in [0.15, 0.2) is 0 Å². The predicted octanol–water partition coefficient (Wildman–Crippen LogP) is 3.18. The van der Waals surface area contributed by atoms with Gasteiger partial charge in [-0.2, -0.15) is 5.10 Å². The summed E-state index contributed by atoms with van der Waals surface area (Å²) in [5.74, 6) is 0.732. The molecule has 0 aromatic carbocycles. The summed E-state index contributed by atoms with van der Waals surface area (Å²) in [6, 6.07) is 2.02. The van der Waals surface area contributed by atoms with Crippen LogP contribution in [0.3, 0.4) is 0 Å². The molecule has 2 aromatic heterocycles. The normalized spacial score (nSPS) is 19.0. The maximum absolute atomic E-state index is 12.6. The fourth-order valence-electron chi connectivity index (χ4n) is 3.02. The number of aromatic amines is 1. The van der Waals surface area contributed by atoms with Gasteiger partial charge in [0.1, 0.15) is 0 Å². The quantitative estimate of drug-likeness (QED) is 0.946. The number of hydrogen-bond acceptors (Lipinski definition) is 3. The number of aryl methyl sites for hydroxylation is 2. The molecule has 0 radical (unpaired) electrons. The third-order valence-electron chi connectivity index (χ3n) is 4.29. The van der Waals surface area contributed by atoms with E-state index in [0.29, 0.717) is 5.92 Å². The van der Waals surface area contributed by atoms with Crippen molar-refractivity contribution in [3.63, 3.8) is 0 Å². The van der Waals surface area contributed by atoms with Gasteiger partial charge in [-0.3, -0.25) is 9.89 Å². The first-order chi connectivity index (χ1) is 10.1. The number of rotatable bonds is 3. The van der Waals surface area contributed by atoms with Crippen LogP contribution in [0.2, 0.25) is 0 Å². The van der Waals surface area contributed by atoms with E-state index < -0.39 is 0 Å². The van der Waals surface area contributed by atoms with Crippen molar-refractivity contribution in [2.24, 2.45) is 5.92 Å². The van der Waals surface area contributed by atoms with Gasteiger partial charge in [-0.15, -0.1) is 11.3 Å². The fourth-order valence-corrected chi connectivity index (χ4v) is 3.91. The largest absolute Gasteiger partial charge is 0.338 e. The standard InChI is InChI=1S/C16H21N3OS/c1-11-5-7-21-15(11)16(20)19-6-3-4-13(10-19)8-14-12(2)9-17-18-14/h5,7,9,13H,3-4,6,8,10H2,1-2H3,(H,17,18). The predicted molar refractivity (Wildman–Crippen MR) is 84.7 cm³/mol. The molecular weight excluding hydrogens is 282 g/mol. The molecule has 1 aliphatic heterocycles. The summed E-state index contributed by atoms with van der Waals surface area (Å²) in [5, 5.41) is 9.17. The van der Waals surface area contributed by atoms with Gasteiger partial charge in [0.2, 0.25) is 0 Å². The number of nitrogens with zero attached hydrogens (tertiary/aromatic N) is 2. The summed E-state index contributed by atoms with van der Waals surface area (Å²) in [6.45, 7) is 5.84. The third-order valence-corrected chi connectivity index (χ3v) is 5.29. The average Bonchev–Trinajstić information content (AvgIpc) is 3.08. The van der Waals surface area contributed by atoms with Gasteiger partial charge in [0, 0.05) is 18.8 Å². The number of aromatic nitrogens is 2. The Morgan fingerprint density at radius 1 is 1.48 bits per heavy atom. The van der Waals surface area contributed by atoms with Crippen LogP contribution in [-0.4, -0.2) is 34.1 Å². The summed E-state index contributed by atoms with van der Waals surface area (Å²) in [6.07, 6.45) is 5.13. The molecule has 1 atom stereocenters. The van der Waals surface area contributed by atoms with Crippen molar-refractivity contribution >= 4 is 17.2 Å². The summed E-state index contributed by atoms with van der Waals surface area (Å²) in [7, 11) is 0. The number of likely N-dealkylation sites (tertiary alicyclic amines) is 1. The van der Waals surface area contributed by atoms with Crippen LogP contribution in [0.4, 0.5) is 0 Å². The van der Waals surface area contributed by atoms with E-state index in [4.69, 9.17) is 0 Å². The number of H-pyrrole nitrogens is 1. The minimum atomic E-state index is 0.202. The topological polar surface area (TPSA) is 49.0 Å². The Hall–Kier alpha value is -1.62. The van der Waals surface area contributed by atoms with Crippen LogP contribution in [0, 0.1) is 19.8 Å². The van der Waals surface area contributed by atoms with Crippen molar-refractivity contribution in [1.29, 1.82) is 0 Å². The lowest BCUT2D eigenvalue weighted by molar-refractivity contribution is 0.0677. The van der Waals surface area contributed by atoms with Crippen molar-refractivity contribution in [1.82, 2.24) is 15.1 Å². The highest BCUT2D eigenvalue weighted by Crippen LogP contribution is 2.25. The number of nitrogens with one attached hydrogen (secondary N) is 1. The second-order valence-corrected chi connectivity index (χ2v) is 6.84. The lowest BCUT2D eigenvalue weighted by atomic mass is 9.92. The maximum Gasteiger partial charge on any atom is 0.264 e. The van der Waals surface area contributed by atoms with E-state index in [9.17, 15) is 4.79 Å². The molecule has 5 heteroatoms. The van der Waals surface area contributed by atoms with Gasteiger partial charge in [0.05, 0.1) is 11.1 Å². The first-order valence-corrected chi connectivity index (χ1v) is 8.35. The molecule has 4 nitrogen and oxygen atoms in total. The Kier molecular flexibility index (Phi) is 4.10. The molecule has 0 aliphatic carbocycles. The van der Waals surface area contributed by atoms with Gasteiger partial charge in [0.25, 0.3) is 5.91 Å². The number of amides is 1. The molecule has 1 aliphatic rings. The van der Waals surface area contributed by atoms with E-state index in [1.165, 1.54) is 17.7 Å². The zero-order valence-corrected chi connectivity index (χ0v) is 13.4. The average molecular weight is 303 g/mol. The molecule has 21 heavy (non-hydrogen) atoms. The third kappa shape index (κ3) is 3.02. The molecule has 1 amide bonds. The molecule has 0 saturated carbocycles. The number of carbonyl (C=O) groups excluding carboxylic acids is 1. The molecule has 1 saturated heterocycles. The zero-order valence-electron chi connectivity index (χ0n) is 12.6. The molecule has 1 fully saturated rings. The minimum absolute atomic E-state index is 0.202. The maximum atomic E-state index is 12.6. The van der Waals surface area contributed by atoms with Crippen molar-refractivity contribution in [2.45, 2.75) is 33.1 Å². The summed E-state index contributed by atoms with van der Waals surface area (Å²) in [4.78, 5) is 15.5. The fraction of sp³-hybridized carbons (Fsp3) is 0.500. The van der Waals surface area contributed by atoms with E-state index in [1.807, 2.05) is 29.5 Å². The molecule has 3 heterocycles. The smallest absolute Gasteiger partial charge is 0.264 e. The summed E-state index contributed by atoms with van der Waals surface area (Å²) >= 11 is 1.55. The number of hydrogen-bond donors (Lipinski definition) is 1. The Balaban J connectivity index is 1.67. The Bertz CT molecular complexity index is 631. The molecule has 2 aromatic rings. The summed E-state index contributed by atoms with van der Waals surface area (Å²) < 4.78 is 0. The number of thiophene rings is 1. The van der Waals surface area contributed by atoms with Crippen molar-refractivity contribution in [2.75, 3.05) is 13.1 Å². The second-order valence-electron chi connectivity index (χ2n) is 5.93. The van der Waals surface area contributed by atoms with Crippen molar-refractivity contribution in [3.05, 3.63) is 39.3 Å². The monoisotopic (exact) mass is 303 g/mol. The first kappa shape index (κ1) is 14.3. The number of piperidine rings is 1. The van der Waals surface area contributed by atoms with Crippen LogP contribution >= 0.6 is 11.3 Å². The zero-order chi connectivity index (χ0) is 14.8. The van der Waals surface area contributed by atoms with E-state index in [2.05, 4.69) is 17.1 Å². The van der Waals surface area contributed by atoms with Crippen LogP contribution in [0.5, 0.6) is 0 Å². The molecular formula is C16H21N3OS. The molecule has 112 valence electrons. The van der Waals surface area contributed by atoms with Crippen molar-refractivity contribution < 1.29 is 4.79 Å². The lowest BCUT2D eigenvalue weighted by Gasteiger charge is -2.32. The molecule has 3 rings (SSSR count). The highest BCUT2D eigenvalue weighted by Gasteiger charge is 2.26. The van der Waals surface area contributed by atoms with E-state index in [-0.39, 0.29) is 5.91 Å². The van der Waals surface area contributed by atoms with Gasteiger partial charge in [-0.1, -0.05) is 0 Å². The number of carbonyl (C=O) groups is 1. The molecule has 0 bridgehead atoms. The molecule has 1 unspecified atom stereocenters.